The summed E-state index contributed by atoms with van der Waals surface area (Å²) in [6.45, 7) is 4.66. The molecule has 1 heterocycles. The smallest absolute Gasteiger partial charge is 0.294 e. The molecule has 0 bridgehead atoms. The summed E-state index contributed by atoms with van der Waals surface area (Å²) in [6.07, 6.45) is 0. The molecule has 1 aromatic carbocycles. The number of nitrogens with one attached hydrogen (secondary N) is 1. The average Bonchev–Trinajstić information content (AvgIpc) is 2.90. The van der Waals surface area contributed by atoms with Crippen molar-refractivity contribution < 1.29 is 9.47 Å². The number of benzene rings is 1. The Bertz CT molecular complexity index is 476. The van der Waals surface area contributed by atoms with Gasteiger partial charge in [0.15, 0.2) is 0 Å². The van der Waals surface area contributed by atoms with Crippen LogP contribution in [0.5, 0.6) is 10.9 Å². The van der Waals surface area contributed by atoms with Gasteiger partial charge in [-0.25, -0.2) is 0 Å². The Balaban J connectivity index is 1.66. The van der Waals surface area contributed by atoms with Crippen molar-refractivity contribution in [1.82, 2.24) is 15.5 Å². The van der Waals surface area contributed by atoms with Crippen LogP contribution in [-0.4, -0.2) is 30.0 Å². The first kappa shape index (κ1) is 13.8. The van der Waals surface area contributed by atoms with Crippen LogP contribution in [0.1, 0.15) is 11.9 Å². The highest BCUT2D eigenvalue weighted by Crippen LogP contribution is 2.17. The number of hydrogen-bond acceptors (Lipinski definition) is 6. The van der Waals surface area contributed by atoms with Gasteiger partial charge in [0.05, 0.1) is 0 Å². The van der Waals surface area contributed by atoms with E-state index < -0.39 is 0 Å². The number of nitrogens with zero attached hydrogens (tertiary/aromatic N) is 2. The van der Waals surface area contributed by atoms with Gasteiger partial charge in [-0.3, -0.25) is 0 Å². The fourth-order valence-electron chi connectivity index (χ4n) is 1.41. The average molecular weight is 279 g/mol. The molecule has 0 atom stereocenters. The minimum Gasteiger partial charge on any atom is -0.490 e. The van der Waals surface area contributed by atoms with Gasteiger partial charge in [0.1, 0.15) is 24.0 Å². The minimum atomic E-state index is 0.463. The highest BCUT2D eigenvalue weighted by Gasteiger charge is 2.04. The fourth-order valence-corrected chi connectivity index (χ4v) is 2.09. The third kappa shape index (κ3) is 4.84. The van der Waals surface area contributed by atoms with Crippen LogP contribution in [0, 0.1) is 0 Å². The van der Waals surface area contributed by atoms with Crippen molar-refractivity contribution in [2.24, 2.45) is 0 Å². The van der Waals surface area contributed by atoms with E-state index >= 15 is 0 Å². The summed E-state index contributed by atoms with van der Waals surface area (Å²) in [5, 5.41) is 12.7. The van der Waals surface area contributed by atoms with Crippen LogP contribution < -0.4 is 14.8 Å². The Morgan fingerprint density at radius 3 is 2.68 bits per heavy atom. The maximum absolute atomic E-state index is 5.52. The predicted octanol–water partition coefficient (Wildman–Crippen LogP) is 2.11. The van der Waals surface area contributed by atoms with E-state index in [1.807, 2.05) is 30.3 Å². The Morgan fingerprint density at radius 1 is 1.11 bits per heavy atom. The van der Waals surface area contributed by atoms with Gasteiger partial charge in [-0.05, 0) is 18.7 Å². The number of para-hydroxylation sites is 1. The molecule has 0 aliphatic rings. The maximum atomic E-state index is 5.52. The molecule has 0 fully saturated rings. The molecule has 0 aliphatic carbocycles. The van der Waals surface area contributed by atoms with E-state index in [-0.39, 0.29) is 0 Å². The zero-order chi connectivity index (χ0) is 13.3. The molecule has 5 nitrogen and oxygen atoms in total. The molecule has 1 aromatic heterocycles. The van der Waals surface area contributed by atoms with Crippen LogP contribution in [0.2, 0.25) is 0 Å². The van der Waals surface area contributed by atoms with Crippen LogP contribution in [0.15, 0.2) is 30.3 Å². The molecular formula is C13H17N3O2S. The topological polar surface area (TPSA) is 56.3 Å². The highest BCUT2D eigenvalue weighted by atomic mass is 32.1. The van der Waals surface area contributed by atoms with Gasteiger partial charge < -0.3 is 14.8 Å². The lowest BCUT2D eigenvalue weighted by molar-refractivity contribution is 0.215. The molecule has 102 valence electrons. The lowest BCUT2D eigenvalue weighted by Crippen LogP contribution is -2.11. The Morgan fingerprint density at radius 2 is 1.89 bits per heavy atom. The van der Waals surface area contributed by atoms with Gasteiger partial charge in [0.2, 0.25) is 0 Å². The van der Waals surface area contributed by atoms with Crippen molar-refractivity contribution in [2.45, 2.75) is 13.5 Å². The molecule has 19 heavy (non-hydrogen) atoms. The molecule has 0 aliphatic heterocycles. The normalized spacial score (nSPS) is 10.4. The summed E-state index contributed by atoms with van der Waals surface area (Å²) < 4.78 is 11.0. The van der Waals surface area contributed by atoms with Crippen molar-refractivity contribution in [2.75, 3.05) is 19.8 Å². The zero-order valence-electron chi connectivity index (χ0n) is 10.8. The molecule has 6 heteroatoms. The molecule has 0 amide bonds. The number of rotatable bonds is 8. The van der Waals surface area contributed by atoms with E-state index in [2.05, 4.69) is 22.4 Å². The second kappa shape index (κ2) is 7.70. The Hall–Kier alpha value is -1.66. The molecule has 0 unspecified atom stereocenters. The van der Waals surface area contributed by atoms with Gasteiger partial charge in [-0.1, -0.05) is 36.5 Å². The first-order valence-electron chi connectivity index (χ1n) is 6.22. The van der Waals surface area contributed by atoms with Gasteiger partial charge in [-0.2, -0.15) is 0 Å². The fraction of sp³-hybridized carbons (Fsp3) is 0.385. The summed E-state index contributed by atoms with van der Waals surface area (Å²) in [6, 6.07) is 9.66. The van der Waals surface area contributed by atoms with Crippen molar-refractivity contribution in [1.29, 1.82) is 0 Å². The number of hydrogen-bond donors (Lipinski definition) is 1. The van der Waals surface area contributed by atoms with Crippen molar-refractivity contribution in [3.63, 3.8) is 0 Å². The predicted molar refractivity (Wildman–Crippen MR) is 74.7 cm³/mol. The third-order valence-electron chi connectivity index (χ3n) is 2.30. The number of ether oxygens (including phenoxy) is 2. The molecule has 2 aromatic rings. The lowest BCUT2D eigenvalue weighted by atomic mass is 10.3. The molecule has 0 saturated heterocycles. The van der Waals surface area contributed by atoms with Crippen LogP contribution in [0.25, 0.3) is 0 Å². The standard InChI is InChI=1S/C13H17N3O2S/c1-2-14-10-12-15-16-13(19-12)18-9-8-17-11-6-4-3-5-7-11/h3-7,14H,2,8-10H2,1H3. The van der Waals surface area contributed by atoms with E-state index in [9.17, 15) is 0 Å². The summed E-state index contributed by atoms with van der Waals surface area (Å²) >= 11 is 1.46. The summed E-state index contributed by atoms with van der Waals surface area (Å²) in [5.74, 6) is 0.844. The molecule has 0 saturated carbocycles. The monoisotopic (exact) mass is 279 g/mol. The van der Waals surface area contributed by atoms with Crippen LogP contribution in [0.3, 0.4) is 0 Å². The molecule has 0 spiro atoms. The van der Waals surface area contributed by atoms with Gasteiger partial charge >= 0.3 is 0 Å². The number of aromatic nitrogens is 2. The largest absolute Gasteiger partial charge is 0.490 e. The summed E-state index contributed by atoms with van der Waals surface area (Å²) in [5.41, 5.74) is 0. The van der Waals surface area contributed by atoms with E-state index in [0.717, 1.165) is 23.8 Å². The summed E-state index contributed by atoms with van der Waals surface area (Å²) in [4.78, 5) is 0. The first-order chi connectivity index (χ1) is 9.38. The first-order valence-corrected chi connectivity index (χ1v) is 7.04. The van der Waals surface area contributed by atoms with Crippen LogP contribution in [-0.2, 0) is 6.54 Å². The Kier molecular flexibility index (Phi) is 5.58. The summed E-state index contributed by atoms with van der Waals surface area (Å²) in [7, 11) is 0. The second-order valence-electron chi connectivity index (χ2n) is 3.75. The SMILES string of the molecule is CCNCc1nnc(OCCOc2ccccc2)s1. The Labute approximate surface area is 116 Å². The van der Waals surface area contributed by atoms with E-state index in [0.29, 0.717) is 18.4 Å². The van der Waals surface area contributed by atoms with E-state index in [4.69, 9.17) is 9.47 Å². The van der Waals surface area contributed by atoms with Crippen molar-refractivity contribution in [3.05, 3.63) is 35.3 Å². The van der Waals surface area contributed by atoms with Gasteiger partial charge in [-0.15, -0.1) is 10.2 Å². The highest BCUT2D eigenvalue weighted by molar-refractivity contribution is 7.13. The molecule has 2 rings (SSSR count). The molecule has 0 radical (unpaired) electrons. The molecular weight excluding hydrogens is 262 g/mol. The molecule has 1 N–H and O–H groups in total. The second-order valence-corrected chi connectivity index (χ2v) is 4.78. The maximum Gasteiger partial charge on any atom is 0.294 e. The van der Waals surface area contributed by atoms with Crippen LogP contribution in [0.4, 0.5) is 0 Å². The van der Waals surface area contributed by atoms with Crippen molar-refractivity contribution >= 4 is 11.3 Å². The zero-order valence-corrected chi connectivity index (χ0v) is 11.7. The van der Waals surface area contributed by atoms with Crippen LogP contribution >= 0.6 is 11.3 Å². The lowest BCUT2D eigenvalue weighted by Gasteiger charge is -2.05. The van der Waals surface area contributed by atoms with E-state index in [1.165, 1.54) is 11.3 Å². The quantitative estimate of drug-likeness (QED) is 0.750. The third-order valence-corrected chi connectivity index (χ3v) is 3.13. The minimum absolute atomic E-state index is 0.463. The van der Waals surface area contributed by atoms with Gasteiger partial charge in [0, 0.05) is 6.54 Å². The van der Waals surface area contributed by atoms with E-state index in [1.54, 1.807) is 0 Å². The van der Waals surface area contributed by atoms with Gasteiger partial charge in [0.25, 0.3) is 5.19 Å². The van der Waals surface area contributed by atoms with Crippen molar-refractivity contribution in [3.8, 4) is 10.9 Å².